The van der Waals surface area contributed by atoms with Crippen LogP contribution in [0.4, 0.5) is 0 Å². The largest absolute Gasteiger partial charge is 0.493 e. The van der Waals surface area contributed by atoms with Gasteiger partial charge in [-0.2, -0.15) is 5.26 Å². The molecule has 44 heavy (non-hydrogen) atoms. The Kier molecular flexibility index (Phi) is 7.82. The summed E-state index contributed by atoms with van der Waals surface area (Å²) in [6.45, 7) is 6.95. The molecule has 0 saturated carbocycles. The van der Waals surface area contributed by atoms with Crippen LogP contribution in [-0.4, -0.2) is 81.2 Å². The number of ether oxygens (including phenoxy) is 6. The Bertz CT molecular complexity index is 1570. The van der Waals surface area contributed by atoms with Crippen molar-refractivity contribution in [2.45, 2.75) is 70.7 Å². The second-order valence-electron chi connectivity index (χ2n) is 11.8. The van der Waals surface area contributed by atoms with E-state index in [4.69, 9.17) is 28.4 Å². The molecule has 4 heterocycles. The van der Waals surface area contributed by atoms with E-state index in [1.165, 1.54) is 13.8 Å². The quantitative estimate of drug-likeness (QED) is 0.284. The van der Waals surface area contributed by atoms with Gasteiger partial charge in [0.25, 0.3) is 0 Å². The first kappa shape index (κ1) is 30.0. The highest BCUT2D eigenvalue weighted by Crippen LogP contribution is 2.58. The van der Waals surface area contributed by atoms with Crippen LogP contribution in [0.1, 0.15) is 59.3 Å². The molecule has 1 N–H and O–H groups in total. The van der Waals surface area contributed by atoms with Crippen LogP contribution in [0.2, 0.25) is 0 Å². The van der Waals surface area contributed by atoms with Crippen LogP contribution in [0.3, 0.4) is 0 Å². The molecule has 12 nitrogen and oxygen atoms in total. The molecule has 0 spiro atoms. The van der Waals surface area contributed by atoms with Crippen LogP contribution in [0.15, 0.2) is 6.07 Å². The fourth-order valence-corrected chi connectivity index (χ4v) is 7.79. The number of amides is 1. The number of nitriles is 1. The summed E-state index contributed by atoms with van der Waals surface area (Å²) in [5, 5.41) is 13.8. The van der Waals surface area contributed by atoms with Gasteiger partial charge in [-0.3, -0.25) is 19.4 Å². The molecule has 4 aliphatic heterocycles. The first-order valence-corrected chi connectivity index (χ1v) is 14.7. The Morgan fingerprint density at radius 2 is 1.82 bits per heavy atom. The number of benzene rings is 2. The van der Waals surface area contributed by atoms with Crippen molar-refractivity contribution < 1.29 is 38.0 Å². The number of carbonyl (C=O) groups is 2. The summed E-state index contributed by atoms with van der Waals surface area (Å²) in [5.74, 6) is 2.09. The summed E-state index contributed by atoms with van der Waals surface area (Å²) in [5.41, 5.74) is 5.24. The van der Waals surface area contributed by atoms with Crippen molar-refractivity contribution in [1.82, 2.24) is 15.1 Å². The fourth-order valence-electron chi connectivity index (χ4n) is 7.79. The summed E-state index contributed by atoms with van der Waals surface area (Å²) >= 11 is 0. The number of methoxy groups -OCH3 is 2. The standard InChI is InChI=1S/C32H38N4O8/c1-15-8-19-9-21-23(11-33)36-22(27(35(21)5)25(19)31(28(15)40-7)41-13-39-6)10-20-26(24(36)12-34-17(3)37)32-30(42-14-43-32)16(2)29(20)44-18(4)38/h8,21-24,27H,9-10,12-14H2,1-7H3,(H,34,37)/t21-,22?,23+,24+,27-/m1/s1. The van der Waals surface area contributed by atoms with Gasteiger partial charge in [-0.15, -0.1) is 0 Å². The summed E-state index contributed by atoms with van der Waals surface area (Å²) in [4.78, 5) is 29.2. The van der Waals surface area contributed by atoms with Crippen LogP contribution in [0.25, 0.3) is 0 Å². The van der Waals surface area contributed by atoms with Crippen molar-refractivity contribution in [3.63, 3.8) is 0 Å². The summed E-state index contributed by atoms with van der Waals surface area (Å²) in [6.07, 6.45) is 1.05. The van der Waals surface area contributed by atoms with Crippen LogP contribution >= 0.6 is 0 Å². The molecule has 1 saturated heterocycles. The Balaban J connectivity index is 1.62. The molecule has 1 unspecified atom stereocenters. The van der Waals surface area contributed by atoms with E-state index in [0.29, 0.717) is 47.2 Å². The second kappa shape index (κ2) is 11.5. The molecular weight excluding hydrogens is 568 g/mol. The van der Waals surface area contributed by atoms with Gasteiger partial charge in [0.05, 0.1) is 25.3 Å². The van der Waals surface area contributed by atoms with Gasteiger partial charge in [0.15, 0.2) is 29.8 Å². The third-order valence-electron chi connectivity index (χ3n) is 9.36. The molecule has 0 radical (unpaired) electrons. The Labute approximate surface area is 256 Å². The van der Waals surface area contributed by atoms with Crippen molar-refractivity contribution in [2.24, 2.45) is 0 Å². The zero-order valence-electron chi connectivity index (χ0n) is 26.1. The number of esters is 1. The monoisotopic (exact) mass is 606 g/mol. The van der Waals surface area contributed by atoms with Crippen LogP contribution in [-0.2, 0) is 27.2 Å². The molecule has 12 heteroatoms. The van der Waals surface area contributed by atoms with Crippen LogP contribution < -0.4 is 29.0 Å². The summed E-state index contributed by atoms with van der Waals surface area (Å²) in [6, 6.07) is 3.08. The molecule has 1 fully saturated rings. The number of likely N-dealkylation sites (N-methyl/N-ethyl adjacent to an activating group) is 1. The van der Waals surface area contributed by atoms with E-state index in [9.17, 15) is 14.9 Å². The van der Waals surface area contributed by atoms with E-state index < -0.39 is 18.1 Å². The molecule has 234 valence electrons. The van der Waals surface area contributed by atoms with E-state index in [2.05, 4.69) is 27.3 Å². The number of nitrogens with zero attached hydrogens (tertiary/aromatic N) is 3. The molecule has 2 aromatic rings. The summed E-state index contributed by atoms with van der Waals surface area (Å²) in [7, 11) is 5.24. The van der Waals surface area contributed by atoms with Crippen molar-refractivity contribution in [3.05, 3.63) is 39.4 Å². The van der Waals surface area contributed by atoms with Gasteiger partial charge >= 0.3 is 5.97 Å². The van der Waals surface area contributed by atoms with Crippen molar-refractivity contribution in [2.75, 3.05) is 41.4 Å². The first-order chi connectivity index (χ1) is 21.1. The maximum Gasteiger partial charge on any atom is 0.308 e. The van der Waals surface area contributed by atoms with Gasteiger partial charge in [-0.1, -0.05) is 6.07 Å². The molecule has 0 aliphatic carbocycles. The van der Waals surface area contributed by atoms with Gasteiger partial charge in [0.1, 0.15) is 11.8 Å². The molecule has 0 aromatic heterocycles. The number of carbonyl (C=O) groups excluding carboxylic acids is 2. The van der Waals surface area contributed by atoms with E-state index >= 15 is 0 Å². The molecule has 2 aromatic carbocycles. The highest BCUT2D eigenvalue weighted by molar-refractivity contribution is 5.75. The number of nitrogens with one attached hydrogen (secondary N) is 1. The van der Waals surface area contributed by atoms with Gasteiger partial charge in [-0.25, -0.2) is 0 Å². The lowest BCUT2D eigenvalue weighted by Crippen LogP contribution is -2.68. The average Bonchev–Trinajstić information content (AvgIpc) is 3.47. The van der Waals surface area contributed by atoms with E-state index in [0.717, 1.165) is 27.8 Å². The molecule has 5 atom stereocenters. The molecule has 4 aliphatic rings. The number of hydrogen-bond acceptors (Lipinski definition) is 11. The third kappa shape index (κ3) is 4.53. The van der Waals surface area contributed by atoms with Gasteiger partial charge < -0.3 is 33.7 Å². The third-order valence-corrected chi connectivity index (χ3v) is 9.36. The zero-order valence-corrected chi connectivity index (χ0v) is 26.1. The fraction of sp³-hybridized carbons (Fsp3) is 0.531. The van der Waals surface area contributed by atoms with Crippen molar-refractivity contribution in [1.29, 1.82) is 5.26 Å². The highest BCUT2D eigenvalue weighted by atomic mass is 16.7. The molecule has 1 amide bonds. The predicted octanol–water partition coefficient (Wildman–Crippen LogP) is 2.86. The first-order valence-electron chi connectivity index (χ1n) is 14.7. The highest BCUT2D eigenvalue weighted by Gasteiger charge is 2.57. The lowest BCUT2D eigenvalue weighted by atomic mass is 9.71. The Morgan fingerprint density at radius 1 is 1.07 bits per heavy atom. The molecular formula is C32H38N4O8. The van der Waals surface area contributed by atoms with E-state index in [1.54, 1.807) is 14.2 Å². The number of piperazine rings is 1. The Hall–Kier alpha value is -4.05. The minimum Gasteiger partial charge on any atom is -0.493 e. The van der Waals surface area contributed by atoms with E-state index in [1.807, 2.05) is 20.9 Å². The van der Waals surface area contributed by atoms with Gasteiger partial charge in [-0.05, 0) is 44.9 Å². The number of aryl methyl sites for hydroxylation is 1. The minimum atomic E-state index is -0.525. The summed E-state index contributed by atoms with van der Waals surface area (Å²) < 4.78 is 35.2. The molecule has 2 bridgehead atoms. The SMILES string of the molecule is COCOc1c(OC)c(C)cc2c1[C@H]1C3Cc4c(OC(C)=O)c(C)c5c(c4[C@H](CNC(C)=O)N3[C@@H](C#N)[C@@H](C2)N1C)OCO5. The van der Waals surface area contributed by atoms with E-state index in [-0.39, 0.29) is 44.2 Å². The number of rotatable bonds is 7. The maximum atomic E-state index is 12.4. The van der Waals surface area contributed by atoms with Gasteiger partial charge in [0, 0.05) is 61.8 Å². The van der Waals surface area contributed by atoms with Gasteiger partial charge in [0.2, 0.25) is 12.7 Å². The van der Waals surface area contributed by atoms with Crippen molar-refractivity contribution >= 4 is 11.9 Å². The van der Waals surface area contributed by atoms with Crippen LogP contribution in [0, 0.1) is 25.2 Å². The van der Waals surface area contributed by atoms with Crippen LogP contribution in [0.5, 0.6) is 28.7 Å². The normalized spacial score (nSPS) is 24.8. The Morgan fingerprint density at radius 3 is 2.48 bits per heavy atom. The second-order valence-corrected chi connectivity index (χ2v) is 11.8. The minimum absolute atomic E-state index is 0.0187. The lowest BCUT2D eigenvalue weighted by Gasteiger charge is -2.60. The predicted molar refractivity (Wildman–Crippen MR) is 157 cm³/mol. The number of hydrogen-bond donors (Lipinski definition) is 1. The average molecular weight is 607 g/mol. The zero-order chi connectivity index (χ0) is 31.4. The molecule has 6 rings (SSSR count). The lowest BCUT2D eigenvalue weighted by molar-refractivity contribution is -0.132. The number of fused-ring (bicyclic) bond motifs is 9. The van der Waals surface area contributed by atoms with Crippen molar-refractivity contribution in [3.8, 4) is 34.8 Å². The maximum absolute atomic E-state index is 12.4. The smallest absolute Gasteiger partial charge is 0.308 e. The topological polar surface area (TPSA) is 132 Å².